The van der Waals surface area contributed by atoms with E-state index in [1.54, 1.807) is 6.07 Å². The molecule has 1 saturated carbocycles. The summed E-state index contributed by atoms with van der Waals surface area (Å²) < 4.78 is 73.7. The third-order valence-corrected chi connectivity index (χ3v) is 6.66. The Morgan fingerprint density at radius 1 is 1.03 bits per heavy atom. The van der Waals surface area contributed by atoms with Crippen molar-refractivity contribution in [1.29, 1.82) is 0 Å². The molecule has 5 rings (SSSR count). The minimum Gasteiger partial charge on any atom is -0.424 e. The predicted octanol–water partition coefficient (Wildman–Crippen LogP) is 5.67. The Morgan fingerprint density at radius 2 is 1.69 bits per heavy atom. The molecular weight excluding hydrogens is 483 g/mol. The summed E-state index contributed by atoms with van der Waals surface area (Å²) in [6, 6.07) is 5.58. The summed E-state index contributed by atoms with van der Waals surface area (Å²) in [7, 11) is 0. The number of ether oxygens (including phenoxy) is 1. The number of aromatic nitrogens is 4. The highest BCUT2D eigenvalue weighted by Crippen LogP contribution is 2.41. The normalized spacial score (nSPS) is 21.8. The number of piperidine rings is 1. The number of halogens is 5. The van der Waals surface area contributed by atoms with Gasteiger partial charge in [0.2, 0.25) is 5.95 Å². The summed E-state index contributed by atoms with van der Waals surface area (Å²) in [4.78, 5) is 9.85. The third-order valence-electron chi connectivity index (χ3n) is 6.66. The van der Waals surface area contributed by atoms with E-state index in [0.29, 0.717) is 24.7 Å². The summed E-state index contributed by atoms with van der Waals surface area (Å²) in [6.45, 7) is 4.94. The molecule has 1 saturated heterocycles. The molecule has 192 valence electrons. The second-order valence-electron chi connectivity index (χ2n) is 9.53. The lowest BCUT2D eigenvalue weighted by atomic mass is 9.92. The quantitative estimate of drug-likeness (QED) is 0.433. The second-order valence-corrected chi connectivity index (χ2v) is 9.53. The van der Waals surface area contributed by atoms with E-state index in [0.717, 1.165) is 37.1 Å². The number of pyridine rings is 1. The SMILES string of the molecule is CC(C)n1nc(NC2C3CCC2CN(c2ccnc(C(F)(F)F)c2)C3)nc1Oc1cc(F)cc(F)c1. The van der Waals surface area contributed by atoms with Crippen LogP contribution in [0.2, 0.25) is 0 Å². The Morgan fingerprint density at radius 3 is 2.31 bits per heavy atom. The molecule has 2 fully saturated rings. The number of nitrogens with zero attached hydrogens (tertiary/aromatic N) is 5. The molecule has 1 aliphatic heterocycles. The van der Waals surface area contributed by atoms with Crippen LogP contribution in [-0.2, 0) is 6.18 Å². The van der Waals surface area contributed by atoms with E-state index in [1.165, 1.54) is 10.9 Å². The van der Waals surface area contributed by atoms with Gasteiger partial charge < -0.3 is 15.0 Å². The highest BCUT2D eigenvalue weighted by Gasteiger charge is 2.43. The van der Waals surface area contributed by atoms with Crippen LogP contribution in [0, 0.1) is 23.5 Å². The molecule has 2 unspecified atom stereocenters. The van der Waals surface area contributed by atoms with Crippen LogP contribution in [-0.4, -0.2) is 38.9 Å². The zero-order chi connectivity index (χ0) is 25.6. The number of anilines is 2. The lowest BCUT2D eigenvalue weighted by molar-refractivity contribution is -0.141. The van der Waals surface area contributed by atoms with Crippen LogP contribution in [0.15, 0.2) is 36.5 Å². The molecule has 1 aliphatic carbocycles. The molecule has 12 heteroatoms. The van der Waals surface area contributed by atoms with Gasteiger partial charge in [0.05, 0.1) is 6.04 Å². The lowest BCUT2D eigenvalue weighted by Crippen LogP contribution is -2.48. The number of rotatable bonds is 6. The molecule has 7 nitrogen and oxygen atoms in total. The van der Waals surface area contributed by atoms with Gasteiger partial charge in [-0.05, 0) is 50.7 Å². The van der Waals surface area contributed by atoms with E-state index in [9.17, 15) is 22.0 Å². The van der Waals surface area contributed by atoms with Crippen LogP contribution in [0.25, 0.3) is 0 Å². The fourth-order valence-corrected chi connectivity index (χ4v) is 5.06. The Bertz CT molecular complexity index is 1210. The largest absolute Gasteiger partial charge is 0.433 e. The van der Waals surface area contributed by atoms with E-state index < -0.39 is 23.5 Å². The molecular formula is C24H25F5N6O. The molecule has 0 radical (unpaired) electrons. The van der Waals surface area contributed by atoms with Gasteiger partial charge >= 0.3 is 12.2 Å². The first-order chi connectivity index (χ1) is 17.1. The smallest absolute Gasteiger partial charge is 0.424 e. The van der Waals surface area contributed by atoms with Crippen LogP contribution in [0.3, 0.4) is 0 Å². The molecule has 3 aromatic rings. The van der Waals surface area contributed by atoms with Crippen molar-refractivity contribution in [1.82, 2.24) is 19.7 Å². The van der Waals surface area contributed by atoms with Crippen molar-refractivity contribution in [3.05, 3.63) is 53.9 Å². The van der Waals surface area contributed by atoms with Gasteiger partial charge in [-0.3, -0.25) is 4.98 Å². The van der Waals surface area contributed by atoms with Crippen LogP contribution < -0.4 is 15.0 Å². The molecule has 3 heterocycles. The fraction of sp³-hybridized carbons (Fsp3) is 0.458. The molecule has 2 atom stereocenters. The fourth-order valence-electron chi connectivity index (χ4n) is 5.06. The minimum atomic E-state index is -4.49. The zero-order valence-corrected chi connectivity index (χ0v) is 19.6. The number of hydrogen-bond acceptors (Lipinski definition) is 6. The first-order valence-corrected chi connectivity index (χ1v) is 11.7. The van der Waals surface area contributed by atoms with Crippen molar-refractivity contribution >= 4 is 11.6 Å². The van der Waals surface area contributed by atoms with Crippen molar-refractivity contribution in [2.75, 3.05) is 23.3 Å². The third kappa shape index (κ3) is 4.93. The molecule has 1 aromatic carbocycles. The maximum atomic E-state index is 13.6. The average molecular weight is 508 g/mol. The average Bonchev–Trinajstić information content (AvgIpc) is 3.28. The molecule has 2 bridgehead atoms. The Balaban J connectivity index is 1.32. The molecule has 2 aliphatic rings. The van der Waals surface area contributed by atoms with E-state index >= 15 is 0 Å². The summed E-state index contributed by atoms with van der Waals surface area (Å²) in [6.07, 6.45) is -1.45. The molecule has 0 amide bonds. The second kappa shape index (κ2) is 9.21. The number of benzene rings is 1. The standard InChI is InChI=1S/C24H25F5N6O/c1-13(2)35-23(36-19-8-16(25)7-17(26)9-19)32-22(33-35)31-21-14-3-4-15(21)12-34(11-14)18-5-6-30-20(10-18)24(27,28)29/h5-10,13-15,21H,3-4,11-12H2,1-2H3,(H,31,33). The van der Waals surface area contributed by atoms with Crippen molar-refractivity contribution in [3.63, 3.8) is 0 Å². The van der Waals surface area contributed by atoms with Gasteiger partial charge in [-0.15, -0.1) is 5.10 Å². The van der Waals surface area contributed by atoms with E-state index in [2.05, 4.69) is 20.4 Å². The first kappa shape index (κ1) is 24.3. The molecule has 0 spiro atoms. The maximum Gasteiger partial charge on any atom is 0.433 e. The maximum absolute atomic E-state index is 13.6. The van der Waals surface area contributed by atoms with Gasteiger partial charge in [0, 0.05) is 49.2 Å². The number of hydrogen-bond donors (Lipinski definition) is 1. The van der Waals surface area contributed by atoms with Gasteiger partial charge in [-0.25, -0.2) is 13.5 Å². The predicted molar refractivity (Wildman–Crippen MR) is 122 cm³/mol. The number of fused-ring (bicyclic) bond motifs is 2. The lowest BCUT2D eigenvalue weighted by Gasteiger charge is -2.39. The van der Waals surface area contributed by atoms with Crippen LogP contribution in [0.1, 0.15) is 38.4 Å². The topological polar surface area (TPSA) is 68.1 Å². The van der Waals surface area contributed by atoms with E-state index in [4.69, 9.17) is 4.74 Å². The van der Waals surface area contributed by atoms with Crippen molar-refractivity contribution in [2.24, 2.45) is 11.8 Å². The summed E-state index contributed by atoms with van der Waals surface area (Å²) in [5, 5.41) is 7.88. The highest BCUT2D eigenvalue weighted by atomic mass is 19.4. The monoisotopic (exact) mass is 508 g/mol. The number of alkyl halides is 3. The molecule has 36 heavy (non-hydrogen) atoms. The minimum absolute atomic E-state index is 0.0303. The molecule has 2 aromatic heterocycles. The van der Waals surface area contributed by atoms with Crippen molar-refractivity contribution < 1.29 is 26.7 Å². The van der Waals surface area contributed by atoms with Gasteiger partial charge in [-0.1, -0.05) is 0 Å². The van der Waals surface area contributed by atoms with Gasteiger partial charge in [0.25, 0.3) is 0 Å². The zero-order valence-electron chi connectivity index (χ0n) is 19.6. The van der Waals surface area contributed by atoms with E-state index in [1.807, 2.05) is 18.7 Å². The Hall–Kier alpha value is -3.44. The summed E-state index contributed by atoms with van der Waals surface area (Å²) >= 11 is 0. The Labute approximate surface area is 204 Å². The van der Waals surface area contributed by atoms with E-state index in [-0.39, 0.29) is 35.7 Å². The van der Waals surface area contributed by atoms with Gasteiger partial charge in [-0.2, -0.15) is 18.2 Å². The van der Waals surface area contributed by atoms with Crippen LogP contribution in [0.4, 0.5) is 33.6 Å². The number of nitrogens with one attached hydrogen (secondary N) is 1. The van der Waals surface area contributed by atoms with Crippen molar-refractivity contribution in [2.45, 2.75) is 44.9 Å². The molecule has 1 N–H and O–H groups in total. The van der Waals surface area contributed by atoms with Crippen LogP contribution in [0.5, 0.6) is 11.8 Å². The van der Waals surface area contributed by atoms with Crippen LogP contribution >= 0.6 is 0 Å². The summed E-state index contributed by atoms with van der Waals surface area (Å²) in [5.74, 6) is -0.873. The van der Waals surface area contributed by atoms with Gasteiger partial charge in [0.1, 0.15) is 23.1 Å². The first-order valence-electron chi connectivity index (χ1n) is 11.7. The Kier molecular flexibility index (Phi) is 6.21. The summed E-state index contributed by atoms with van der Waals surface area (Å²) in [5.41, 5.74) is -0.394. The van der Waals surface area contributed by atoms with Crippen molar-refractivity contribution in [3.8, 4) is 11.8 Å². The highest BCUT2D eigenvalue weighted by molar-refractivity contribution is 5.49. The van der Waals surface area contributed by atoms with Gasteiger partial charge in [0.15, 0.2) is 0 Å².